The molecule has 1 unspecified atom stereocenters. The molecule has 0 aliphatic carbocycles. The van der Waals surface area contributed by atoms with E-state index in [1.807, 2.05) is 26.8 Å². The number of hydrogen-bond donors (Lipinski definition) is 2. The SMILES string of the molecule is CCOc1ccc(/C=C(/C#N)C(=O)NC(CO)CC(C)C)cc1. The predicted octanol–water partition coefficient (Wildman–Crippen LogP) is 2.52. The van der Waals surface area contributed by atoms with Gasteiger partial charge in [-0.05, 0) is 43.0 Å². The molecule has 1 aromatic rings. The summed E-state index contributed by atoms with van der Waals surface area (Å²) < 4.78 is 5.35. The summed E-state index contributed by atoms with van der Waals surface area (Å²) in [6, 6.07) is 8.71. The van der Waals surface area contributed by atoms with Crippen molar-refractivity contribution in [2.75, 3.05) is 13.2 Å². The third-order valence-corrected chi connectivity index (χ3v) is 3.18. The Balaban J connectivity index is 2.81. The van der Waals surface area contributed by atoms with Crippen LogP contribution < -0.4 is 10.1 Å². The van der Waals surface area contributed by atoms with Crippen molar-refractivity contribution in [3.8, 4) is 11.8 Å². The van der Waals surface area contributed by atoms with Crippen LogP contribution in [0.25, 0.3) is 6.08 Å². The highest BCUT2D eigenvalue weighted by Crippen LogP contribution is 2.15. The van der Waals surface area contributed by atoms with Gasteiger partial charge in [0.15, 0.2) is 0 Å². The fourth-order valence-electron chi connectivity index (χ4n) is 2.15. The lowest BCUT2D eigenvalue weighted by Gasteiger charge is -2.17. The van der Waals surface area contributed by atoms with Crippen LogP contribution in [0.15, 0.2) is 29.8 Å². The Morgan fingerprint density at radius 3 is 2.52 bits per heavy atom. The third kappa shape index (κ3) is 6.54. The van der Waals surface area contributed by atoms with Crippen molar-refractivity contribution >= 4 is 12.0 Å². The number of rotatable bonds is 8. The molecule has 0 radical (unpaired) electrons. The van der Waals surface area contributed by atoms with Crippen molar-refractivity contribution in [3.05, 3.63) is 35.4 Å². The summed E-state index contributed by atoms with van der Waals surface area (Å²) in [5.74, 6) is 0.610. The molecule has 1 atom stereocenters. The highest BCUT2D eigenvalue weighted by molar-refractivity contribution is 6.01. The van der Waals surface area contributed by atoms with E-state index in [0.29, 0.717) is 18.9 Å². The van der Waals surface area contributed by atoms with Gasteiger partial charge in [0.2, 0.25) is 0 Å². The first-order valence-electron chi connectivity index (χ1n) is 7.76. The van der Waals surface area contributed by atoms with Gasteiger partial charge in [0, 0.05) is 0 Å². The van der Waals surface area contributed by atoms with Crippen LogP contribution in [0.2, 0.25) is 0 Å². The van der Waals surface area contributed by atoms with E-state index < -0.39 is 5.91 Å². The van der Waals surface area contributed by atoms with Crippen molar-refractivity contribution in [1.82, 2.24) is 5.32 Å². The zero-order valence-electron chi connectivity index (χ0n) is 13.9. The normalized spacial score (nSPS) is 12.6. The Morgan fingerprint density at radius 2 is 2.04 bits per heavy atom. The first kappa shape index (κ1) is 18.7. The number of nitrogens with one attached hydrogen (secondary N) is 1. The minimum Gasteiger partial charge on any atom is -0.494 e. The summed E-state index contributed by atoms with van der Waals surface area (Å²) in [6.45, 7) is 6.36. The van der Waals surface area contributed by atoms with E-state index in [1.54, 1.807) is 24.3 Å². The van der Waals surface area contributed by atoms with Crippen molar-refractivity contribution in [2.45, 2.75) is 33.2 Å². The van der Waals surface area contributed by atoms with Crippen molar-refractivity contribution < 1.29 is 14.6 Å². The van der Waals surface area contributed by atoms with Crippen molar-refractivity contribution in [2.24, 2.45) is 5.92 Å². The van der Waals surface area contributed by atoms with E-state index >= 15 is 0 Å². The second-order valence-electron chi connectivity index (χ2n) is 5.65. The summed E-state index contributed by atoms with van der Waals surface area (Å²) >= 11 is 0. The Bertz CT molecular complexity index is 571. The van der Waals surface area contributed by atoms with Gasteiger partial charge in [-0.15, -0.1) is 0 Å². The van der Waals surface area contributed by atoms with Gasteiger partial charge in [0.1, 0.15) is 17.4 Å². The maximum absolute atomic E-state index is 12.2. The molecule has 0 aliphatic rings. The number of ether oxygens (including phenoxy) is 1. The quantitative estimate of drug-likeness (QED) is 0.570. The van der Waals surface area contributed by atoms with Crippen LogP contribution in [-0.2, 0) is 4.79 Å². The Labute approximate surface area is 137 Å². The summed E-state index contributed by atoms with van der Waals surface area (Å²) in [7, 11) is 0. The number of amides is 1. The largest absolute Gasteiger partial charge is 0.494 e. The van der Waals surface area contributed by atoms with Gasteiger partial charge in [-0.3, -0.25) is 4.79 Å². The summed E-state index contributed by atoms with van der Waals surface area (Å²) in [6.07, 6.45) is 2.18. The molecular formula is C18H24N2O3. The molecule has 0 saturated carbocycles. The van der Waals surface area contributed by atoms with Crippen LogP contribution in [0.4, 0.5) is 0 Å². The predicted molar refractivity (Wildman–Crippen MR) is 89.7 cm³/mol. The van der Waals surface area contributed by atoms with E-state index in [0.717, 1.165) is 11.3 Å². The number of aliphatic hydroxyl groups excluding tert-OH is 1. The molecule has 0 saturated heterocycles. The van der Waals surface area contributed by atoms with Crippen molar-refractivity contribution in [3.63, 3.8) is 0 Å². The highest BCUT2D eigenvalue weighted by Gasteiger charge is 2.16. The average Bonchev–Trinajstić information content (AvgIpc) is 2.53. The number of aliphatic hydroxyl groups is 1. The van der Waals surface area contributed by atoms with Crippen LogP contribution >= 0.6 is 0 Å². The fraction of sp³-hybridized carbons (Fsp3) is 0.444. The van der Waals surface area contributed by atoms with Gasteiger partial charge in [-0.1, -0.05) is 26.0 Å². The molecule has 5 heteroatoms. The van der Waals surface area contributed by atoms with E-state index in [-0.39, 0.29) is 18.2 Å². The molecule has 0 bridgehead atoms. The average molecular weight is 316 g/mol. The molecule has 1 aromatic carbocycles. The first-order valence-corrected chi connectivity index (χ1v) is 7.76. The Hall–Kier alpha value is -2.32. The standard InChI is InChI=1S/C18H24N2O3/c1-4-23-17-7-5-14(6-8-17)10-15(11-19)18(22)20-16(12-21)9-13(2)3/h5-8,10,13,16,21H,4,9,12H2,1-3H3,(H,20,22)/b15-10-. The molecule has 0 spiro atoms. The molecule has 23 heavy (non-hydrogen) atoms. The minimum absolute atomic E-state index is 0.0105. The molecular weight excluding hydrogens is 292 g/mol. The molecule has 0 heterocycles. The van der Waals surface area contributed by atoms with Crippen LogP contribution in [-0.4, -0.2) is 30.3 Å². The molecule has 2 N–H and O–H groups in total. The highest BCUT2D eigenvalue weighted by atomic mass is 16.5. The van der Waals surface area contributed by atoms with E-state index in [4.69, 9.17) is 4.74 Å². The molecule has 0 aliphatic heterocycles. The van der Waals surface area contributed by atoms with Gasteiger partial charge in [-0.2, -0.15) is 5.26 Å². The van der Waals surface area contributed by atoms with Gasteiger partial charge >= 0.3 is 0 Å². The second kappa shape index (κ2) is 9.65. The summed E-state index contributed by atoms with van der Waals surface area (Å²) in [4.78, 5) is 12.2. The van der Waals surface area contributed by atoms with Crippen LogP contribution in [0.3, 0.4) is 0 Å². The molecule has 5 nitrogen and oxygen atoms in total. The summed E-state index contributed by atoms with van der Waals surface area (Å²) in [5.41, 5.74) is 0.751. The second-order valence-corrected chi connectivity index (χ2v) is 5.65. The monoisotopic (exact) mass is 316 g/mol. The van der Waals surface area contributed by atoms with Crippen LogP contribution in [0.5, 0.6) is 5.75 Å². The Kier molecular flexibility index (Phi) is 7.86. The molecule has 1 rings (SSSR count). The molecule has 124 valence electrons. The number of benzene rings is 1. The topological polar surface area (TPSA) is 82.3 Å². The van der Waals surface area contributed by atoms with Gasteiger partial charge in [-0.25, -0.2) is 0 Å². The van der Waals surface area contributed by atoms with Crippen LogP contribution in [0.1, 0.15) is 32.8 Å². The maximum atomic E-state index is 12.2. The van der Waals surface area contributed by atoms with Gasteiger partial charge in [0.25, 0.3) is 5.91 Å². The zero-order chi connectivity index (χ0) is 17.2. The van der Waals surface area contributed by atoms with Gasteiger partial charge < -0.3 is 15.2 Å². The van der Waals surface area contributed by atoms with Gasteiger partial charge in [0.05, 0.1) is 19.3 Å². The first-order chi connectivity index (χ1) is 11.0. The Morgan fingerprint density at radius 1 is 1.39 bits per heavy atom. The lowest BCUT2D eigenvalue weighted by atomic mass is 10.0. The smallest absolute Gasteiger partial charge is 0.262 e. The molecule has 0 aromatic heterocycles. The van der Waals surface area contributed by atoms with Crippen molar-refractivity contribution in [1.29, 1.82) is 5.26 Å². The fourth-order valence-corrected chi connectivity index (χ4v) is 2.15. The molecule has 1 amide bonds. The lowest BCUT2D eigenvalue weighted by Crippen LogP contribution is -2.39. The maximum Gasteiger partial charge on any atom is 0.262 e. The lowest BCUT2D eigenvalue weighted by molar-refractivity contribution is -0.118. The minimum atomic E-state index is -0.471. The number of nitriles is 1. The zero-order valence-corrected chi connectivity index (χ0v) is 13.9. The number of carbonyl (C=O) groups is 1. The number of nitrogens with zero attached hydrogens (tertiary/aromatic N) is 1. The van der Waals surface area contributed by atoms with E-state index in [2.05, 4.69) is 5.32 Å². The number of carbonyl (C=O) groups excluding carboxylic acids is 1. The molecule has 0 fully saturated rings. The van der Waals surface area contributed by atoms with E-state index in [1.165, 1.54) is 6.08 Å². The summed E-state index contributed by atoms with van der Waals surface area (Å²) in [5, 5.41) is 21.2. The number of hydrogen-bond acceptors (Lipinski definition) is 4. The van der Waals surface area contributed by atoms with E-state index in [9.17, 15) is 15.2 Å². The third-order valence-electron chi connectivity index (χ3n) is 3.18. The van der Waals surface area contributed by atoms with Crippen LogP contribution in [0, 0.1) is 17.2 Å².